The van der Waals surface area contributed by atoms with Gasteiger partial charge < -0.3 is 9.53 Å². The van der Waals surface area contributed by atoms with E-state index < -0.39 is 5.92 Å². The Morgan fingerprint density at radius 2 is 2.00 bits per heavy atom. The minimum absolute atomic E-state index is 0.162. The molecule has 0 saturated carbocycles. The molecule has 1 aromatic rings. The summed E-state index contributed by atoms with van der Waals surface area (Å²) in [6, 6.07) is 7.52. The number of hydrogen-bond donors (Lipinski definition) is 0. The van der Waals surface area contributed by atoms with Gasteiger partial charge in [0.1, 0.15) is 6.29 Å². The van der Waals surface area contributed by atoms with Crippen molar-refractivity contribution in [3.63, 3.8) is 0 Å². The SMILES string of the molecule is COC(=O)C(CC=O)c1ccc(C)cc1. The molecule has 0 N–H and O–H groups in total. The first-order valence-electron chi connectivity index (χ1n) is 4.77. The van der Waals surface area contributed by atoms with Crippen molar-refractivity contribution in [2.24, 2.45) is 0 Å². The number of benzene rings is 1. The summed E-state index contributed by atoms with van der Waals surface area (Å²) < 4.78 is 4.65. The standard InChI is InChI=1S/C12H14O3/c1-9-3-5-10(6-4-9)11(7-8-13)12(14)15-2/h3-6,8,11H,7H2,1-2H3. The fourth-order valence-electron chi connectivity index (χ4n) is 1.41. The van der Waals surface area contributed by atoms with Crippen molar-refractivity contribution in [3.8, 4) is 0 Å². The molecule has 0 saturated heterocycles. The average Bonchev–Trinajstić information content (AvgIpc) is 2.26. The van der Waals surface area contributed by atoms with Crippen molar-refractivity contribution in [3.05, 3.63) is 35.4 Å². The van der Waals surface area contributed by atoms with Crippen LogP contribution in [0.2, 0.25) is 0 Å². The lowest BCUT2D eigenvalue weighted by atomic mass is 9.96. The molecule has 0 radical (unpaired) electrons. The molecule has 1 rings (SSSR count). The monoisotopic (exact) mass is 206 g/mol. The van der Waals surface area contributed by atoms with Crippen LogP contribution in [0.1, 0.15) is 23.5 Å². The van der Waals surface area contributed by atoms with Crippen LogP contribution in [-0.4, -0.2) is 19.4 Å². The Hall–Kier alpha value is -1.64. The zero-order valence-corrected chi connectivity index (χ0v) is 8.90. The number of methoxy groups -OCH3 is 1. The van der Waals surface area contributed by atoms with Crippen molar-refractivity contribution < 1.29 is 14.3 Å². The van der Waals surface area contributed by atoms with Crippen LogP contribution in [0.25, 0.3) is 0 Å². The zero-order chi connectivity index (χ0) is 11.3. The molecule has 0 heterocycles. The Balaban J connectivity index is 2.93. The number of carbonyl (C=O) groups is 2. The minimum Gasteiger partial charge on any atom is -0.469 e. The molecule has 0 spiro atoms. The smallest absolute Gasteiger partial charge is 0.313 e. The molecule has 0 aliphatic carbocycles. The topological polar surface area (TPSA) is 43.4 Å². The third kappa shape index (κ3) is 2.91. The van der Waals surface area contributed by atoms with E-state index in [4.69, 9.17) is 0 Å². The van der Waals surface area contributed by atoms with Crippen molar-refractivity contribution >= 4 is 12.3 Å². The van der Waals surface area contributed by atoms with Gasteiger partial charge in [-0.25, -0.2) is 0 Å². The van der Waals surface area contributed by atoms with Gasteiger partial charge in [0.15, 0.2) is 0 Å². The Morgan fingerprint density at radius 1 is 1.40 bits per heavy atom. The molecule has 3 heteroatoms. The summed E-state index contributed by atoms with van der Waals surface area (Å²) in [5.41, 5.74) is 1.94. The molecule has 15 heavy (non-hydrogen) atoms. The van der Waals surface area contributed by atoms with E-state index in [1.165, 1.54) is 7.11 Å². The van der Waals surface area contributed by atoms with E-state index in [0.29, 0.717) is 0 Å². The minimum atomic E-state index is -0.479. The zero-order valence-electron chi connectivity index (χ0n) is 8.90. The molecule has 3 nitrogen and oxygen atoms in total. The lowest BCUT2D eigenvalue weighted by Crippen LogP contribution is -2.14. The summed E-state index contributed by atoms with van der Waals surface area (Å²) in [6.07, 6.45) is 0.900. The van der Waals surface area contributed by atoms with Gasteiger partial charge in [0.2, 0.25) is 0 Å². The van der Waals surface area contributed by atoms with Crippen LogP contribution in [0, 0.1) is 6.92 Å². The predicted molar refractivity (Wildman–Crippen MR) is 56.6 cm³/mol. The van der Waals surface area contributed by atoms with Gasteiger partial charge in [-0.1, -0.05) is 29.8 Å². The summed E-state index contributed by atoms with van der Waals surface area (Å²) >= 11 is 0. The second-order valence-corrected chi connectivity index (χ2v) is 3.39. The highest BCUT2D eigenvalue weighted by Gasteiger charge is 2.20. The van der Waals surface area contributed by atoms with Crippen LogP contribution in [0.4, 0.5) is 0 Å². The number of aryl methyl sites for hydroxylation is 1. The van der Waals surface area contributed by atoms with Gasteiger partial charge in [-0.2, -0.15) is 0 Å². The third-order valence-electron chi connectivity index (χ3n) is 2.30. The molecule has 0 aliphatic rings. The molecule has 0 aliphatic heterocycles. The van der Waals surface area contributed by atoms with Gasteiger partial charge in [0.25, 0.3) is 0 Å². The molecule has 0 aromatic heterocycles. The maximum Gasteiger partial charge on any atom is 0.313 e. The normalized spacial score (nSPS) is 11.9. The second-order valence-electron chi connectivity index (χ2n) is 3.39. The first-order chi connectivity index (χ1) is 7.19. The lowest BCUT2D eigenvalue weighted by molar-refractivity contribution is -0.143. The average molecular weight is 206 g/mol. The number of hydrogen-bond acceptors (Lipinski definition) is 3. The highest BCUT2D eigenvalue weighted by Crippen LogP contribution is 2.20. The largest absolute Gasteiger partial charge is 0.469 e. The number of ether oxygens (including phenoxy) is 1. The van der Waals surface area contributed by atoms with Crippen molar-refractivity contribution in [1.29, 1.82) is 0 Å². The summed E-state index contributed by atoms with van der Waals surface area (Å²) in [7, 11) is 1.33. The Labute approximate surface area is 89.1 Å². The molecule has 1 unspecified atom stereocenters. The quantitative estimate of drug-likeness (QED) is 0.557. The van der Waals surface area contributed by atoms with Crippen LogP contribution >= 0.6 is 0 Å². The van der Waals surface area contributed by atoms with Gasteiger partial charge in [0.05, 0.1) is 13.0 Å². The maximum absolute atomic E-state index is 11.4. The van der Waals surface area contributed by atoms with E-state index in [1.807, 2.05) is 31.2 Å². The van der Waals surface area contributed by atoms with Crippen LogP contribution < -0.4 is 0 Å². The highest BCUT2D eigenvalue weighted by atomic mass is 16.5. The van der Waals surface area contributed by atoms with Gasteiger partial charge in [0, 0.05) is 6.42 Å². The molecule has 1 atom stereocenters. The molecule has 0 bridgehead atoms. The molecule has 0 fully saturated rings. The third-order valence-corrected chi connectivity index (χ3v) is 2.30. The fourth-order valence-corrected chi connectivity index (χ4v) is 1.41. The lowest BCUT2D eigenvalue weighted by Gasteiger charge is -2.11. The molecule has 1 aromatic carbocycles. The summed E-state index contributed by atoms with van der Waals surface area (Å²) in [4.78, 5) is 21.9. The van der Waals surface area contributed by atoms with E-state index in [1.54, 1.807) is 0 Å². The Kier molecular flexibility index (Phi) is 4.03. The van der Waals surface area contributed by atoms with E-state index in [0.717, 1.165) is 17.4 Å². The maximum atomic E-state index is 11.4. The molecule has 0 amide bonds. The van der Waals surface area contributed by atoms with Crippen LogP contribution in [0.15, 0.2) is 24.3 Å². The van der Waals surface area contributed by atoms with Crippen LogP contribution in [0.5, 0.6) is 0 Å². The van der Waals surface area contributed by atoms with E-state index in [2.05, 4.69) is 4.74 Å². The Morgan fingerprint density at radius 3 is 2.47 bits per heavy atom. The van der Waals surface area contributed by atoms with Crippen LogP contribution in [0.3, 0.4) is 0 Å². The first-order valence-corrected chi connectivity index (χ1v) is 4.77. The number of esters is 1. The first kappa shape index (κ1) is 11.4. The van der Waals surface area contributed by atoms with Crippen molar-refractivity contribution in [1.82, 2.24) is 0 Å². The van der Waals surface area contributed by atoms with Gasteiger partial charge >= 0.3 is 5.97 Å². The summed E-state index contributed by atoms with van der Waals surface area (Å²) in [5, 5.41) is 0. The molecular weight excluding hydrogens is 192 g/mol. The summed E-state index contributed by atoms with van der Waals surface area (Å²) in [5.74, 6) is -0.848. The van der Waals surface area contributed by atoms with Gasteiger partial charge in [-0.3, -0.25) is 4.79 Å². The Bertz CT molecular complexity index is 340. The van der Waals surface area contributed by atoms with E-state index in [9.17, 15) is 9.59 Å². The number of rotatable bonds is 4. The molecule has 80 valence electrons. The van der Waals surface area contributed by atoms with Gasteiger partial charge in [-0.05, 0) is 12.5 Å². The number of aldehydes is 1. The number of carbonyl (C=O) groups excluding carboxylic acids is 2. The van der Waals surface area contributed by atoms with Gasteiger partial charge in [-0.15, -0.1) is 0 Å². The highest BCUT2D eigenvalue weighted by molar-refractivity contribution is 5.81. The predicted octanol–water partition coefficient (Wildman–Crippen LogP) is 1.84. The van der Waals surface area contributed by atoms with E-state index >= 15 is 0 Å². The van der Waals surface area contributed by atoms with Crippen molar-refractivity contribution in [2.45, 2.75) is 19.3 Å². The fraction of sp³-hybridized carbons (Fsp3) is 0.333. The van der Waals surface area contributed by atoms with Crippen molar-refractivity contribution in [2.75, 3.05) is 7.11 Å². The van der Waals surface area contributed by atoms with E-state index in [-0.39, 0.29) is 12.4 Å². The summed E-state index contributed by atoms with van der Waals surface area (Å²) in [6.45, 7) is 1.97. The molecular formula is C12H14O3. The second kappa shape index (κ2) is 5.29. The van der Waals surface area contributed by atoms with Crippen LogP contribution in [-0.2, 0) is 14.3 Å².